The molecule has 0 bridgehead atoms. The molecule has 3 aromatic rings. The average molecular weight is 338 g/mol. The summed E-state index contributed by atoms with van der Waals surface area (Å²) >= 11 is 0. The zero-order chi connectivity index (χ0) is 17.8. The van der Waals surface area contributed by atoms with E-state index in [9.17, 15) is 14.4 Å². The van der Waals surface area contributed by atoms with E-state index in [0.717, 1.165) is 0 Å². The zero-order valence-electron chi connectivity index (χ0n) is 13.4. The maximum atomic E-state index is 12.3. The second-order valence-corrected chi connectivity index (χ2v) is 5.12. The van der Waals surface area contributed by atoms with Crippen LogP contribution < -0.4 is 10.4 Å². The average Bonchev–Trinajstić information content (AvgIpc) is 2.61. The third-order valence-corrected chi connectivity index (χ3v) is 3.42. The lowest BCUT2D eigenvalue weighted by molar-refractivity contribution is 0.0524. The Labute approximate surface area is 142 Å². The third kappa shape index (κ3) is 3.58. The SMILES string of the molecule is CCOC(=O)c1cccc(OC(=O)c2cc3ccccc3oc2=O)c1. The zero-order valence-corrected chi connectivity index (χ0v) is 13.4. The molecule has 0 aliphatic rings. The number of benzene rings is 2. The molecule has 1 aromatic heterocycles. The number of carbonyl (C=O) groups excluding carboxylic acids is 2. The number of hydrogen-bond acceptors (Lipinski definition) is 6. The summed E-state index contributed by atoms with van der Waals surface area (Å²) < 4.78 is 15.2. The molecule has 0 saturated carbocycles. The van der Waals surface area contributed by atoms with Gasteiger partial charge in [-0.2, -0.15) is 0 Å². The molecule has 0 aliphatic heterocycles. The van der Waals surface area contributed by atoms with E-state index >= 15 is 0 Å². The van der Waals surface area contributed by atoms with Crippen molar-refractivity contribution in [2.24, 2.45) is 0 Å². The quantitative estimate of drug-likeness (QED) is 0.413. The van der Waals surface area contributed by atoms with Gasteiger partial charge in [-0.25, -0.2) is 14.4 Å². The standard InChI is InChI=1S/C19H14O6/c1-2-23-17(20)13-7-5-8-14(10-13)24-18(21)15-11-12-6-3-4-9-16(12)25-19(15)22/h3-11H,2H2,1H3. The summed E-state index contributed by atoms with van der Waals surface area (Å²) in [7, 11) is 0. The minimum absolute atomic E-state index is 0.128. The maximum Gasteiger partial charge on any atom is 0.351 e. The Morgan fingerprint density at radius 1 is 1.00 bits per heavy atom. The van der Waals surface area contributed by atoms with Crippen LogP contribution >= 0.6 is 0 Å². The van der Waals surface area contributed by atoms with Crippen LogP contribution in [0.3, 0.4) is 0 Å². The number of carbonyl (C=O) groups is 2. The van der Waals surface area contributed by atoms with Gasteiger partial charge in [-0.15, -0.1) is 0 Å². The molecule has 0 radical (unpaired) electrons. The lowest BCUT2D eigenvalue weighted by Gasteiger charge is -2.06. The van der Waals surface area contributed by atoms with Crippen LogP contribution in [0.25, 0.3) is 11.0 Å². The Kier molecular flexibility index (Phi) is 4.61. The van der Waals surface area contributed by atoms with E-state index in [1.165, 1.54) is 18.2 Å². The molecule has 0 N–H and O–H groups in total. The maximum absolute atomic E-state index is 12.3. The molecule has 0 spiro atoms. The van der Waals surface area contributed by atoms with E-state index in [4.69, 9.17) is 13.9 Å². The van der Waals surface area contributed by atoms with Gasteiger partial charge < -0.3 is 13.9 Å². The van der Waals surface area contributed by atoms with Crippen molar-refractivity contribution in [3.63, 3.8) is 0 Å². The van der Waals surface area contributed by atoms with Crippen molar-refractivity contribution in [3.8, 4) is 5.75 Å². The van der Waals surface area contributed by atoms with E-state index < -0.39 is 17.6 Å². The van der Waals surface area contributed by atoms with Gasteiger partial charge in [0.2, 0.25) is 0 Å². The van der Waals surface area contributed by atoms with Gasteiger partial charge >= 0.3 is 17.6 Å². The molecule has 1 heterocycles. The third-order valence-electron chi connectivity index (χ3n) is 3.42. The van der Waals surface area contributed by atoms with Crippen molar-refractivity contribution in [1.82, 2.24) is 0 Å². The number of fused-ring (bicyclic) bond motifs is 1. The molecule has 0 saturated heterocycles. The Morgan fingerprint density at radius 2 is 1.80 bits per heavy atom. The fourth-order valence-corrected chi connectivity index (χ4v) is 2.27. The van der Waals surface area contributed by atoms with E-state index in [-0.39, 0.29) is 23.5 Å². The van der Waals surface area contributed by atoms with Crippen molar-refractivity contribution in [2.75, 3.05) is 6.61 Å². The van der Waals surface area contributed by atoms with Crippen LogP contribution in [-0.4, -0.2) is 18.5 Å². The molecule has 2 aromatic carbocycles. The first-order valence-electron chi connectivity index (χ1n) is 7.60. The summed E-state index contributed by atoms with van der Waals surface area (Å²) in [6.07, 6.45) is 0. The first kappa shape index (κ1) is 16.4. The minimum atomic E-state index is -0.861. The Bertz CT molecular complexity index is 1000. The summed E-state index contributed by atoms with van der Waals surface area (Å²) in [6, 6.07) is 14.2. The summed E-state index contributed by atoms with van der Waals surface area (Å²) in [5.74, 6) is -1.26. The summed E-state index contributed by atoms with van der Waals surface area (Å²) in [5, 5.41) is 0.606. The van der Waals surface area contributed by atoms with Crippen molar-refractivity contribution >= 4 is 22.9 Å². The van der Waals surface area contributed by atoms with Gasteiger partial charge in [-0.3, -0.25) is 0 Å². The highest BCUT2D eigenvalue weighted by Gasteiger charge is 2.17. The first-order chi connectivity index (χ1) is 12.1. The molecule has 0 fully saturated rings. The van der Waals surface area contributed by atoms with Crippen LogP contribution in [-0.2, 0) is 4.74 Å². The number of esters is 2. The van der Waals surface area contributed by atoms with Gasteiger partial charge in [0.15, 0.2) is 0 Å². The Morgan fingerprint density at radius 3 is 2.60 bits per heavy atom. The van der Waals surface area contributed by atoms with Crippen LogP contribution in [0.1, 0.15) is 27.6 Å². The number of para-hydroxylation sites is 1. The monoisotopic (exact) mass is 338 g/mol. The molecule has 6 nitrogen and oxygen atoms in total. The molecule has 3 rings (SSSR count). The number of rotatable bonds is 4. The smallest absolute Gasteiger partial charge is 0.351 e. The largest absolute Gasteiger partial charge is 0.462 e. The molecular weight excluding hydrogens is 324 g/mol. The Balaban J connectivity index is 1.88. The summed E-state index contributed by atoms with van der Waals surface area (Å²) in [6.45, 7) is 1.93. The molecular formula is C19H14O6. The molecule has 0 atom stereocenters. The van der Waals surface area contributed by atoms with Crippen molar-refractivity contribution in [2.45, 2.75) is 6.92 Å². The van der Waals surface area contributed by atoms with Gasteiger partial charge in [0.1, 0.15) is 16.9 Å². The lowest BCUT2D eigenvalue weighted by Crippen LogP contribution is -2.18. The van der Waals surface area contributed by atoms with Crippen LogP contribution in [0.15, 0.2) is 63.8 Å². The van der Waals surface area contributed by atoms with Gasteiger partial charge in [-0.05, 0) is 37.3 Å². The van der Waals surface area contributed by atoms with Crippen LogP contribution in [0, 0.1) is 0 Å². The molecule has 25 heavy (non-hydrogen) atoms. The predicted octanol–water partition coefficient (Wildman–Crippen LogP) is 3.19. The normalized spacial score (nSPS) is 10.4. The van der Waals surface area contributed by atoms with E-state index in [1.54, 1.807) is 43.3 Å². The summed E-state index contributed by atoms with van der Waals surface area (Å²) in [5.41, 5.74) is -0.378. The minimum Gasteiger partial charge on any atom is -0.462 e. The van der Waals surface area contributed by atoms with Gasteiger partial charge in [0, 0.05) is 5.39 Å². The molecule has 0 amide bonds. The Hall–Kier alpha value is -3.41. The van der Waals surface area contributed by atoms with Crippen LogP contribution in [0.2, 0.25) is 0 Å². The highest BCUT2D eigenvalue weighted by Crippen LogP contribution is 2.17. The number of hydrogen-bond donors (Lipinski definition) is 0. The van der Waals surface area contributed by atoms with Crippen LogP contribution in [0.5, 0.6) is 5.75 Å². The van der Waals surface area contributed by atoms with Crippen LogP contribution in [0.4, 0.5) is 0 Å². The van der Waals surface area contributed by atoms with Gasteiger partial charge in [-0.1, -0.05) is 24.3 Å². The first-order valence-corrected chi connectivity index (χ1v) is 7.60. The fourth-order valence-electron chi connectivity index (χ4n) is 2.27. The highest BCUT2D eigenvalue weighted by atomic mass is 16.5. The van der Waals surface area contributed by atoms with E-state index in [1.807, 2.05) is 0 Å². The number of ether oxygens (including phenoxy) is 2. The molecule has 126 valence electrons. The van der Waals surface area contributed by atoms with Crippen molar-refractivity contribution < 1.29 is 23.5 Å². The van der Waals surface area contributed by atoms with Gasteiger partial charge in [0.05, 0.1) is 12.2 Å². The van der Waals surface area contributed by atoms with Crippen molar-refractivity contribution in [1.29, 1.82) is 0 Å². The summed E-state index contributed by atoms with van der Waals surface area (Å²) in [4.78, 5) is 36.0. The molecule has 0 aliphatic carbocycles. The topological polar surface area (TPSA) is 82.8 Å². The predicted molar refractivity (Wildman–Crippen MR) is 89.8 cm³/mol. The van der Waals surface area contributed by atoms with E-state index in [2.05, 4.69) is 0 Å². The second kappa shape index (κ2) is 7.00. The lowest BCUT2D eigenvalue weighted by atomic mass is 10.2. The molecule has 0 unspecified atom stereocenters. The van der Waals surface area contributed by atoms with E-state index in [0.29, 0.717) is 11.0 Å². The molecule has 6 heteroatoms. The second-order valence-electron chi connectivity index (χ2n) is 5.12. The van der Waals surface area contributed by atoms with Crippen molar-refractivity contribution in [3.05, 3.63) is 76.1 Å². The highest BCUT2D eigenvalue weighted by molar-refractivity contribution is 5.94. The van der Waals surface area contributed by atoms with Gasteiger partial charge in [0.25, 0.3) is 0 Å². The fraction of sp³-hybridized carbons (Fsp3) is 0.105.